The lowest BCUT2D eigenvalue weighted by atomic mass is 10.0. The first-order valence-electron chi connectivity index (χ1n) is 8.42. The van der Waals surface area contributed by atoms with Gasteiger partial charge in [-0.1, -0.05) is 37.1 Å². The van der Waals surface area contributed by atoms with Crippen LogP contribution in [0.3, 0.4) is 0 Å². The fourth-order valence-corrected chi connectivity index (χ4v) is 2.75. The molecule has 3 rings (SSSR count). The number of pyridine rings is 1. The summed E-state index contributed by atoms with van der Waals surface area (Å²) < 4.78 is 19.3. The molecule has 6 heteroatoms. The van der Waals surface area contributed by atoms with E-state index in [2.05, 4.69) is 22.4 Å². The predicted octanol–water partition coefficient (Wildman–Crippen LogP) is 4.26. The van der Waals surface area contributed by atoms with Gasteiger partial charge in [-0.05, 0) is 31.5 Å². The molecule has 0 aliphatic rings. The first kappa shape index (κ1) is 17.1. The molecule has 0 saturated heterocycles. The maximum atomic E-state index is 14.1. The van der Waals surface area contributed by atoms with Gasteiger partial charge in [0.15, 0.2) is 0 Å². The standard InChI is InChI=1S/C19H20FN3O2/c1-3-4-7-10-21-18(24)14-11-16(13-8-5-6-9-15(13)20)22-19-17(14)12(2)23-25-19/h5-6,8-9,11H,3-4,7,10H2,1-2H3,(H,21,24). The number of rotatable bonds is 6. The average Bonchev–Trinajstić information content (AvgIpc) is 2.99. The van der Waals surface area contributed by atoms with E-state index in [1.165, 1.54) is 6.07 Å². The zero-order valence-electron chi connectivity index (χ0n) is 14.3. The Morgan fingerprint density at radius 1 is 1.28 bits per heavy atom. The van der Waals surface area contributed by atoms with E-state index >= 15 is 0 Å². The number of nitrogens with one attached hydrogen (secondary N) is 1. The zero-order valence-corrected chi connectivity index (χ0v) is 14.3. The second-order valence-corrected chi connectivity index (χ2v) is 5.95. The van der Waals surface area contributed by atoms with E-state index in [1.54, 1.807) is 31.2 Å². The molecule has 25 heavy (non-hydrogen) atoms. The Morgan fingerprint density at radius 3 is 2.84 bits per heavy atom. The van der Waals surface area contributed by atoms with Crippen LogP contribution in [-0.2, 0) is 0 Å². The minimum Gasteiger partial charge on any atom is -0.352 e. The van der Waals surface area contributed by atoms with Gasteiger partial charge in [0.1, 0.15) is 5.82 Å². The Labute approximate surface area is 145 Å². The molecule has 0 bridgehead atoms. The lowest BCUT2D eigenvalue weighted by molar-refractivity contribution is 0.0954. The highest BCUT2D eigenvalue weighted by atomic mass is 19.1. The van der Waals surface area contributed by atoms with Gasteiger partial charge < -0.3 is 9.84 Å². The van der Waals surface area contributed by atoms with E-state index in [0.717, 1.165) is 19.3 Å². The molecule has 0 saturated carbocycles. The average molecular weight is 341 g/mol. The number of benzene rings is 1. The van der Waals surface area contributed by atoms with Crippen molar-refractivity contribution in [2.24, 2.45) is 0 Å². The molecule has 130 valence electrons. The van der Waals surface area contributed by atoms with Crippen molar-refractivity contribution in [1.82, 2.24) is 15.5 Å². The monoisotopic (exact) mass is 341 g/mol. The first-order valence-corrected chi connectivity index (χ1v) is 8.42. The van der Waals surface area contributed by atoms with Gasteiger partial charge in [0.2, 0.25) is 0 Å². The molecular weight excluding hydrogens is 321 g/mol. The molecule has 0 aliphatic heterocycles. The van der Waals surface area contributed by atoms with Crippen LogP contribution in [0.2, 0.25) is 0 Å². The predicted molar refractivity (Wildman–Crippen MR) is 93.8 cm³/mol. The number of amides is 1. The number of hydrogen-bond acceptors (Lipinski definition) is 4. The lowest BCUT2D eigenvalue weighted by Gasteiger charge is -2.08. The molecular formula is C19H20FN3O2. The number of halogens is 1. The first-order chi connectivity index (χ1) is 12.1. The quantitative estimate of drug-likeness (QED) is 0.680. The maximum Gasteiger partial charge on any atom is 0.259 e. The molecule has 0 spiro atoms. The Morgan fingerprint density at radius 2 is 2.08 bits per heavy atom. The molecule has 3 aromatic rings. The number of unbranched alkanes of at least 4 members (excludes halogenated alkanes) is 2. The largest absolute Gasteiger partial charge is 0.352 e. The third-order valence-electron chi connectivity index (χ3n) is 4.08. The second kappa shape index (κ2) is 7.42. The van der Waals surface area contributed by atoms with Crippen molar-refractivity contribution in [2.75, 3.05) is 6.54 Å². The summed E-state index contributed by atoms with van der Waals surface area (Å²) in [5, 5.41) is 7.36. The Balaban J connectivity index is 2.02. The van der Waals surface area contributed by atoms with Crippen molar-refractivity contribution >= 4 is 17.0 Å². The topological polar surface area (TPSA) is 68.0 Å². The van der Waals surface area contributed by atoms with E-state index in [4.69, 9.17) is 4.52 Å². The molecule has 1 N–H and O–H groups in total. The summed E-state index contributed by atoms with van der Waals surface area (Å²) in [6.07, 6.45) is 3.05. The van der Waals surface area contributed by atoms with Crippen LogP contribution in [0.1, 0.15) is 42.2 Å². The van der Waals surface area contributed by atoms with E-state index < -0.39 is 5.82 Å². The number of aryl methyl sites for hydroxylation is 1. The third-order valence-corrected chi connectivity index (χ3v) is 4.08. The van der Waals surface area contributed by atoms with Gasteiger partial charge in [0.05, 0.1) is 22.3 Å². The summed E-state index contributed by atoms with van der Waals surface area (Å²) in [4.78, 5) is 17.0. The summed E-state index contributed by atoms with van der Waals surface area (Å²) in [6, 6.07) is 7.91. The highest BCUT2D eigenvalue weighted by Crippen LogP contribution is 2.28. The van der Waals surface area contributed by atoms with E-state index in [0.29, 0.717) is 34.4 Å². The van der Waals surface area contributed by atoms with Crippen LogP contribution in [0.25, 0.3) is 22.4 Å². The molecule has 2 aromatic heterocycles. The Kier molecular flexibility index (Phi) is 5.07. The summed E-state index contributed by atoms with van der Waals surface area (Å²) in [5.74, 6) is -0.632. The fourth-order valence-electron chi connectivity index (χ4n) is 2.75. The van der Waals surface area contributed by atoms with Crippen molar-refractivity contribution < 1.29 is 13.7 Å². The number of carbonyl (C=O) groups excluding carboxylic acids is 1. The number of carbonyl (C=O) groups is 1. The summed E-state index contributed by atoms with van der Waals surface area (Å²) in [7, 11) is 0. The molecule has 0 unspecified atom stereocenters. The van der Waals surface area contributed by atoms with Gasteiger partial charge in [-0.3, -0.25) is 4.79 Å². The van der Waals surface area contributed by atoms with Gasteiger partial charge in [0.25, 0.3) is 11.6 Å². The van der Waals surface area contributed by atoms with Crippen molar-refractivity contribution in [3.8, 4) is 11.3 Å². The number of fused-ring (bicyclic) bond motifs is 1. The van der Waals surface area contributed by atoms with Crippen LogP contribution >= 0.6 is 0 Å². The van der Waals surface area contributed by atoms with Crippen LogP contribution in [-0.4, -0.2) is 22.6 Å². The highest BCUT2D eigenvalue weighted by Gasteiger charge is 2.20. The van der Waals surface area contributed by atoms with E-state index in [-0.39, 0.29) is 11.6 Å². The van der Waals surface area contributed by atoms with Gasteiger partial charge in [-0.15, -0.1) is 0 Å². The van der Waals surface area contributed by atoms with Gasteiger partial charge >= 0.3 is 0 Å². The third kappa shape index (κ3) is 3.52. The van der Waals surface area contributed by atoms with Crippen LogP contribution in [0.4, 0.5) is 4.39 Å². The normalized spacial score (nSPS) is 11.0. The minimum absolute atomic E-state index is 0.229. The van der Waals surface area contributed by atoms with Crippen LogP contribution in [0, 0.1) is 12.7 Å². The molecule has 0 atom stereocenters. The van der Waals surface area contributed by atoms with Gasteiger partial charge in [-0.2, -0.15) is 0 Å². The van der Waals surface area contributed by atoms with Crippen molar-refractivity contribution in [2.45, 2.75) is 33.1 Å². The SMILES string of the molecule is CCCCCNC(=O)c1cc(-c2ccccc2F)nc2onc(C)c12. The summed E-state index contributed by atoms with van der Waals surface area (Å²) in [6.45, 7) is 4.45. The Hall–Kier alpha value is -2.76. The zero-order chi connectivity index (χ0) is 17.8. The second-order valence-electron chi connectivity index (χ2n) is 5.95. The number of hydrogen-bond donors (Lipinski definition) is 1. The van der Waals surface area contributed by atoms with Crippen LogP contribution in [0.5, 0.6) is 0 Å². The molecule has 1 amide bonds. The number of aromatic nitrogens is 2. The van der Waals surface area contributed by atoms with Gasteiger partial charge in [-0.25, -0.2) is 9.37 Å². The van der Waals surface area contributed by atoms with E-state index in [1.807, 2.05) is 0 Å². The molecule has 2 heterocycles. The van der Waals surface area contributed by atoms with Crippen LogP contribution < -0.4 is 5.32 Å². The van der Waals surface area contributed by atoms with Crippen molar-refractivity contribution in [1.29, 1.82) is 0 Å². The smallest absolute Gasteiger partial charge is 0.259 e. The number of nitrogens with zero attached hydrogens (tertiary/aromatic N) is 2. The minimum atomic E-state index is -0.403. The molecule has 1 aromatic carbocycles. The van der Waals surface area contributed by atoms with Crippen LogP contribution in [0.15, 0.2) is 34.9 Å². The summed E-state index contributed by atoms with van der Waals surface area (Å²) in [5.41, 5.74) is 1.88. The highest BCUT2D eigenvalue weighted by molar-refractivity contribution is 6.07. The van der Waals surface area contributed by atoms with E-state index in [9.17, 15) is 9.18 Å². The van der Waals surface area contributed by atoms with Crippen molar-refractivity contribution in [3.05, 3.63) is 47.4 Å². The molecule has 0 fully saturated rings. The maximum absolute atomic E-state index is 14.1. The molecule has 0 aliphatic carbocycles. The summed E-state index contributed by atoms with van der Waals surface area (Å²) >= 11 is 0. The molecule has 5 nitrogen and oxygen atoms in total. The lowest BCUT2D eigenvalue weighted by Crippen LogP contribution is -2.24. The van der Waals surface area contributed by atoms with Crippen molar-refractivity contribution in [3.63, 3.8) is 0 Å². The Bertz CT molecular complexity index is 905. The molecule has 0 radical (unpaired) electrons. The fraction of sp³-hybridized carbons (Fsp3) is 0.316. The van der Waals surface area contributed by atoms with Gasteiger partial charge in [0, 0.05) is 12.1 Å².